The van der Waals surface area contributed by atoms with Gasteiger partial charge in [0.2, 0.25) is 0 Å². The van der Waals surface area contributed by atoms with E-state index in [1.54, 1.807) is 6.92 Å². The molecule has 0 aromatic carbocycles. The maximum atomic E-state index is 13.1. The fraction of sp³-hybridized carbons (Fsp3) is 1.00. The summed E-state index contributed by atoms with van der Waals surface area (Å²) < 4.78 is 13.1. The predicted octanol–water partition coefficient (Wildman–Crippen LogP) is 2.68. The second kappa shape index (κ2) is 1.33. The standard InChI is InChI=1S/C8H13F/c1-7(9)2-3-8(6-7)4-5-8/h2-6H2,1H3. The Morgan fingerprint density at radius 3 is 1.89 bits per heavy atom. The van der Waals surface area contributed by atoms with E-state index in [0.717, 1.165) is 19.3 Å². The van der Waals surface area contributed by atoms with Crippen LogP contribution in [0.1, 0.15) is 39.0 Å². The molecule has 52 valence electrons. The van der Waals surface area contributed by atoms with Crippen LogP contribution >= 0.6 is 0 Å². The van der Waals surface area contributed by atoms with Gasteiger partial charge in [0.05, 0.1) is 0 Å². The summed E-state index contributed by atoms with van der Waals surface area (Å²) >= 11 is 0. The summed E-state index contributed by atoms with van der Waals surface area (Å²) in [6.45, 7) is 1.75. The molecule has 1 spiro atoms. The molecule has 1 atom stereocenters. The number of hydrogen-bond acceptors (Lipinski definition) is 0. The van der Waals surface area contributed by atoms with Crippen molar-refractivity contribution in [1.82, 2.24) is 0 Å². The molecular weight excluding hydrogens is 115 g/mol. The van der Waals surface area contributed by atoms with Crippen molar-refractivity contribution in [2.45, 2.75) is 44.7 Å². The second-order valence-electron chi connectivity index (χ2n) is 4.09. The second-order valence-corrected chi connectivity index (χ2v) is 4.09. The van der Waals surface area contributed by atoms with E-state index in [1.165, 1.54) is 12.8 Å². The largest absolute Gasteiger partial charge is 0.244 e. The van der Waals surface area contributed by atoms with Crippen molar-refractivity contribution in [3.05, 3.63) is 0 Å². The van der Waals surface area contributed by atoms with Crippen molar-refractivity contribution in [3.63, 3.8) is 0 Å². The molecule has 0 radical (unpaired) electrons. The van der Waals surface area contributed by atoms with Crippen molar-refractivity contribution in [2.24, 2.45) is 5.41 Å². The van der Waals surface area contributed by atoms with Crippen LogP contribution in [0.25, 0.3) is 0 Å². The van der Waals surface area contributed by atoms with Gasteiger partial charge in [-0.3, -0.25) is 0 Å². The van der Waals surface area contributed by atoms with Crippen LogP contribution in [-0.4, -0.2) is 5.67 Å². The molecule has 0 aromatic heterocycles. The Bertz CT molecular complexity index is 130. The van der Waals surface area contributed by atoms with Crippen LogP contribution in [0, 0.1) is 5.41 Å². The molecule has 2 fully saturated rings. The topological polar surface area (TPSA) is 0 Å². The first kappa shape index (κ1) is 5.70. The SMILES string of the molecule is CC1(F)CCC2(CC2)C1. The lowest BCUT2D eigenvalue weighted by atomic mass is 10.0. The molecule has 2 aliphatic rings. The van der Waals surface area contributed by atoms with Gasteiger partial charge in [0.15, 0.2) is 0 Å². The van der Waals surface area contributed by atoms with E-state index >= 15 is 0 Å². The maximum absolute atomic E-state index is 13.1. The van der Waals surface area contributed by atoms with Gasteiger partial charge in [-0.25, -0.2) is 4.39 Å². The molecule has 0 amide bonds. The minimum atomic E-state index is -0.809. The first-order valence-electron chi connectivity index (χ1n) is 3.81. The smallest absolute Gasteiger partial charge is 0.108 e. The van der Waals surface area contributed by atoms with E-state index in [9.17, 15) is 4.39 Å². The fourth-order valence-electron chi connectivity index (χ4n) is 2.09. The van der Waals surface area contributed by atoms with Gasteiger partial charge in [0, 0.05) is 0 Å². The first-order chi connectivity index (χ1) is 4.12. The summed E-state index contributed by atoms with van der Waals surface area (Å²) in [4.78, 5) is 0. The molecule has 0 nitrogen and oxygen atoms in total. The highest BCUT2D eigenvalue weighted by molar-refractivity contribution is 5.04. The highest BCUT2D eigenvalue weighted by Crippen LogP contribution is 2.61. The van der Waals surface area contributed by atoms with Crippen molar-refractivity contribution in [1.29, 1.82) is 0 Å². The fourth-order valence-corrected chi connectivity index (χ4v) is 2.09. The van der Waals surface area contributed by atoms with Crippen molar-refractivity contribution in [3.8, 4) is 0 Å². The summed E-state index contributed by atoms with van der Waals surface area (Å²) in [5, 5.41) is 0. The lowest BCUT2D eigenvalue weighted by Gasteiger charge is -2.11. The van der Waals surface area contributed by atoms with E-state index < -0.39 is 5.67 Å². The third-order valence-electron chi connectivity index (χ3n) is 2.88. The van der Waals surface area contributed by atoms with Crippen LogP contribution in [-0.2, 0) is 0 Å². The number of alkyl halides is 1. The van der Waals surface area contributed by atoms with Crippen LogP contribution in [0.2, 0.25) is 0 Å². The Labute approximate surface area is 55.4 Å². The molecule has 2 rings (SSSR count). The van der Waals surface area contributed by atoms with Gasteiger partial charge in [0.25, 0.3) is 0 Å². The Morgan fingerprint density at radius 1 is 1.11 bits per heavy atom. The van der Waals surface area contributed by atoms with Crippen LogP contribution in [0.15, 0.2) is 0 Å². The van der Waals surface area contributed by atoms with Crippen LogP contribution in [0.3, 0.4) is 0 Å². The van der Waals surface area contributed by atoms with Crippen molar-refractivity contribution < 1.29 is 4.39 Å². The molecule has 2 aliphatic carbocycles. The van der Waals surface area contributed by atoms with E-state index in [-0.39, 0.29) is 0 Å². The molecule has 2 saturated carbocycles. The van der Waals surface area contributed by atoms with E-state index in [1.807, 2.05) is 0 Å². The van der Waals surface area contributed by atoms with Crippen molar-refractivity contribution in [2.75, 3.05) is 0 Å². The van der Waals surface area contributed by atoms with Crippen molar-refractivity contribution >= 4 is 0 Å². The summed E-state index contributed by atoms with van der Waals surface area (Å²) in [5.41, 5.74) is -0.306. The van der Waals surface area contributed by atoms with Crippen LogP contribution in [0.5, 0.6) is 0 Å². The van der Waals surface area contributed by atoms with E-state index in [4.69, 9.17) is 0 Å². The first-order valence-corrected chi connectivity index (χ1v) is 3.81. The van der Waals surface area contributed by atoms with Gasteiger partial charge in [-0.2, -0.15) is 0 Å². The zero-order chi connectivity index (χ0) is 6.54. The Hall–Kier alpha value is -0.0700. The summed E-state index contributed by atoms with van der Waals surface area (Å²) in [6, 6.07) is 0. The lowest BCUT2D eigenvalue weighted by molar-refractivity contribution is 0.190. The minimum absolute atomic E-state index is 0.503. The highest BCUT2D eigenvalue weighted by Gasteiger charge is 2.52. The van der Waals surface area contributed by atoms with Crippen LogP contribution < -0.4 is 0 Å². The molecule has 9 heavy (non-hydrogen) atoms. The molecule has 1 heteroatoms. The lowest BCUT2D eigenvalue weighted by Crippen LogP contribution is -2.11. The maximum Gasteiger partial charge on any atom is 0.108 e. The third-order valence-corrected chi connectivity index (χ3v) is 2.88. The number of rotatable bonds is 0. The van der Waals surface area contributed by atoms with Gasteiger partial charge in [-0.15, -0.1) is 0 Å². The van der Waals surface area contributed by atoms with Gasteiger partial charge >= 0.3 is 0 Å². The minimum Gasteiger partial charge on any atom is -0.244 e. The molecular formula is C8H13F. The highest BCUT2D eigenvalue weighted by atomic mass is 19.1. The van der Waals surface area contributed by atoms with Gasteiger partial charge in [-0.05, 0) is 44.4 Å². The monoisotopic (exact) mass is 128 g/mol. The molecule has 0 aromatic rings. The number of hydrogen-bond donors (Lipinski definition) is 0. The quantitative estimate of drug-likeness (QED) is 0.470. The molecule has 0 saturated heterocycles. The Kier molecular flexibility index (Phi) is 0.841. The van der Waals surface area contributed by atoms with Gasteiger partial charge < -0.3 is 0 Å². The third kappa shape index (κ3) is 0.867. The molecule has 0 bridgehead atoms. The molecule has 0 N–H and O–H groups in total. The summed E-state index contributed by atoms with van der Waals surface area (Å²) in [7, 11) is 0. The van der Waals surface area contributed by atoms with Gasteiger partial charge in [0.1, 0.15) is 5.67 Å². The average molecular weight is 128 g/mol. The van der Waals surface area contributed by atoms with Gasteiger partial charge in [-0.1, -0.05) is 0 Å². The Balaban J connectivity index is 2.08. The number of halogens is 1. The average Bonchev–Trinajstić information content (AvgIpc) is 2.36. The zero-order valence-corrected chi connectivity index (χ0v) is 5.91. The zero-order valence-electron chi connectivity index (χ0n) is 5.91. The molecule has 1 unspecified atom stereocenters. The Morgan fingerprint density at radius 2 is 1.67 bits per heavy atom. The molecule has 0 aliphatic heterocycles. The van der Waals surface area contributed by atoms with E-state index in [0.29, 0.717) is 5.41 Å². The summed E-state index contributed by atoms with van der Waals surface area (Å²) in [6.07, 6.45) is 5.41. The normalized spacial score (nSPS) is 46.0. The summed E-state index contributed by atoms with van der Waals surface area (Å²) in [5.74, 6) is 0. The van der Waals surface area contributed by atoms with Crippen LogP contribution in [0.4, 0.5) is 4.39 Å². The predicted molar refractivity (Wildman–Crippen MR) is 35.0 cm³/mol. The van der Waals surface area contributed by atoms with E-state index in [2.05, 4.69) is 0 Å². The molecule has 0 heterocycles.